The van der Waals surface area contributed by atoms with E-state index in [-0.39, 0.29) is 18.0 Å². The topological polar surface area (TPSA) is 61.8 Å². The summed E-state index contributed by atoms with van der Waals surface area (Å²) in [6.07, 6.45) is -0.181. The van der Waals surface area contributed by atoms with Gasteiger partial charge in [-0.15, -0.1) is 0 Å². The van der Waals surface area contributed by atoms with Crippen molar-refractivity contribution in [3.63, 3.8) is 0 Å². The third-order valence-corrected chi connectivity index (χ3v) is 6.21. The van der Waals surface area contributed by atoms with Gasteiger partial charge in [0, 0.05) is 24.7 Å². The van der Waals surface area contributed by atoms with E-state index in [2.05, 4.69) is 0 Å². The molecule has 0 radical (unpaired) electrons. The molecule has 3 atom stereocenters. The van der Waals surface area contributed by atoms with Crippen molar-refractivity contribution < 1.29 is 37.0 Å². The Hall–Kier alpha value is -2.61. The van der Waals surface area contributed by atoms with Gasteiger partial charge in [-0.05, 0) is 37.8 Å². The molecule has 0 bridgehead atoms. The minimum absolute atomic E-state index is 0.261. The number of cyclic esters (lactones) is 1. The lowest BCUT2D eigenvalue weighted by molar-refractivity contribution is -0.277. The standard InChI is InChI=1S/C26H33F3O5/c1-6-18(16-24(9-4)17-19(7-2)22(30)34-24)15-21(8-3)33-23(31)25(32-5,26(27,28)29)20-13-11-10-12-14-20/h10-15,17,21H,6-9,16H2,1-5H3/b18-15-/t21-,24+,25+/m0/s1. The summed E-state index contributed by atoms with van der Waals surface area (Å²) in [5.41, 5.74) is -2.98. The van der Waals surface area contributed by atoms with Gasteiger partial charge in [0.15, 0.2) is 0 Å². The predicted octanol–water partition coefficient (Wildman–Crippen LogP) is 6.18. The molecule has 8 heteroatoms. The lowest BCUT2D eigenvalue weighted by atomic mass is 9.89. The Kier molecular flexibility index (Phi) is 9.11. The van der Waals surface area contributed by atoms with Crippen LogP contribution in [0.25, 0.3) is 0 Å². The first-order chi connectivity index (χ1) is 16.0. The van der Waals surface area contributed by atoms with Gasteiger partial charge in [-0.1, -0.05) is 63.6 Å². The van der Waals surface area contributed by atoms with Crippen LogP contribution in [0.5, 0.6) is 0 Å². The van der Waals surface area contributed by atoms with Crippen molar-refractivity contribution in [2.75, 3.05) is 7.11 Å². The highest BCUT2D eigenvalue weighted by molar-refractivity contribution is 5.91. The van der Waals surface area contributed by atoms with Crippen LogP contribution in [-0.2, 0) is 29.4 Å². The van der Waals surface area contributed by atoms with Crippen LogP contribution in [0.1, 0.15) is 65.4 Å². The van der Waals surface area contributed by atoms with E-state index in [9.17, 15) is 22.8 Å². The fourth-order valence-corrected chi connectivity index (χ4v) is 4.08. The van der Waals surface area contributed by atoms with Gasteiger partial charge in [0.05, 0.1) is 0 Å². The first-order valence-electron chi connectivity index (χ1n) is 11.6. The molecule has 34 heavy (non-hydrogen) atoms. The molecule has 2 rings (SSSR count). The highest BCUT2D eigenvalue weighted by Gasteiger charge is 2.64. The minimum atomic E-state index is -5.04. The molecule has 1 aromatic rings. The number of ether oxygens (including phenoxy) is 3. The van der Waals surface area contributed by atoms with E-state index >= 15 is 0 Å². The molecule has 0 fully saturated rings. The van der Waals surface area contributed by atoms with E-state index in [0.29, 0.717) is 31.3 Å². The summed E-state index contributed by atoms with van der Waals surface area (Å²) in [4.78, 5) is 25.1. The Morgan fingerprint density at radius 3 is 2.24 bits per heavy atom. The van der Waals surface area contributed by atoms with Crippen LogP contribution in [0.3, 0.4) is 0 Å². The molecule has 0 saturated heterocycles. The SMILES string of the molecule is CCC1=C[C@@](CC)(C/C(=C\[C@H](CC)OC(=O)[C@](OC)(c2ccccc2)C(F)(F)F)CC)OC1=O. The molecule has 188 valence electrons. The zero-order chi connectivity index (χ0) is 25.6. The molecule has 1 heterocycles. The van der Waals surface area contributed by atoms with Crippen LogP contribution < -0.4 is 0 Å². The molecule has 0 N–H and O–H groups in total. The van der Waals surface area contributed by atoms with E-state index < -0.39 is 29.5 Å². The van der Waals surface area contributed by atoms with E-state index in [1.54, 1.807) is 19.1 Å². The number of esters is 2. The van der Waals surface area contributed by atoms with Gasteiger partial charge in [-0.3, -0.25) is 0 Å². The van der Waals surface area contributed by atoms with Gasteiger partial charge in [-0.2, -0.15) is 13.2 Å². The maximum atomic E-state index is 14.2. The number of methoxy groups -OCH3 is 1. The summed E-state index contributed by atoms with van der Waals surface area (Å²) < 4.78 is 58.4. The van der Waals surface area contributed by atoms with Crippen LogP contribution in [0, 0.1) is 0 Å². The van der Waals surface area contributed by atoms with Crippen LogP contribution in [-0.4, -0.2) is 36.9 Å². The maximum Gasteiger partial charge on any atom is 0.432 e. The Labute approximate surface area is 199 Å². The fraction of sp³-hybridized carbons (Fsp3) is 0.538. The summed E-state index contributed by atoms with van der Waals surface area (Å²) in [7, 11) is 0.840. The van der Waals surface area contributed by atoms with Gasteiger partial charge in [-0.25, -0.2) is 9.59 Å². The molecule has 0 amide bonds. The van der Waals surface area contributed by atoms with Crippen molar-refractivity contribution >= 4 is 11.9 Å². The average Bonchev–Trinajstić information content (AvgIpc) is 3.14. The highest BCUT2D eigenvalue weighted by Crippen LogP contribution is 2.43. The largest absolute Gasteiger partial charge is 0.455 e. The molecule has 1 aromatic carbocycles. The third kappa shape index (κ3) is 5.54. The van der Waals surface area contributed by atoms with Crippen molar-refractivity contribution in [2.24, 2.45) is 0 Å². The van der Waals surface area contributed by atoms with E-state index in [1.165, 1.54) is 24.3 Å². The summed E-state index contributed by atoms with van der Waals surface area (Å²) in [5.74, 6) is -1.88. The van der Waals surface area contributed by atoms with Crippen molar-refractivity contribution in [3.05, 3.63) is 59.2 Å². The lowest BCUT2D eigenvalue weighted by Gasteiger charge is -2.33. The van der Waals surface area contributed by atoms with E-state index in [1.807, 2.05) is 26.8 Å². The zero-order valence-electron chi connectivity index (χ0n) is 20.3. The molecule has 1 aliphatic rings. The zero-order valence-corrected chi connectivity index (χ0v) is 20.3. The Balaban J connectivity index is 2.35. The summed E-state index contributed by atoms with van der Waals surface area (Å²) >= 11 is 0. The van der Waals surface area contributed by atoms with Crippen molar-refractivity contribution in [1.29, 1.82) is 0 Å². The lowest BCUT2D eigenvalue weighted by Crippen LogP contribution is -2.52. The molecule has 0 spiro atoms. The van der Waals surface area contributed by atoms with Crippen molar-refractivity contribution in [3.8, 4) is 0 Å². The van der Waals surface area contributed by atoms with Gasteiger partial charge in [0.25, 0.3) is 5.60 Å². The number of carbonyl (C=O) groups excluding carboxylic acids is 2. The third-order valence-electron chi connectivity index (χ3n) is 6.21. The number of hydrogen-bond donors (Lipinski definition) is 0. The van der Waals surface area contributed by atoms with Crippen molar-refractivity contribution in [1.82, 2.24) is 0 Å². The van der Waals surface area contributed by atoms with Crippen LogP contribution >= 0.6 is 0 Å². The quantitative estimate of drug-likeness (QED) is 0.278. The Bertz CT molecular complexity index is 922. The van der Waals surface area contributed by atoms with E-state index in [4.69, 9.17) is 14.2 Å². The molecule has 5 nitrogen and oxygen atoms in total. The van der Waals surface area contributed by atoms with Gasteiger partial charge in [0.1, 0.15) is 11.7 Å². The van der Waals surface area contributed by atoms with Crippen molar-refractivity contribution in [2.45, 2.75) is 83.3 Å². The molecular weight excluding hydrogens is 449 g/mol. The Morgan fingerprint density at radius 1 is 1.15 bits per heavy atom. The smallest absolute Gasteiger partial charge is 0.432 e. The number of rotatable bonds is 11. The highest BCUT2D eigenvalue weighted by atomic mass is 19.4. The van der Waals surface area contributed by atoms with Gasteiger partial charge < -0.3 is 14.2 Å². The normalized spacial score (nSPS) is 21.5. The van der Waals surface area contributed by atoms with Crippen LogP contribution in [0.15, 0.2) is 53.6 Å². The summed E-state index contributed by atoms with van der Waals surface area (Å²) in [5, 5.41) is 0. The molecule has 0 unspecified atom stereocenters. The maximum absolute atomic E-state index is 14.2. The summed E-state index contributed by atoms with van der Waals surface area (Å²) in [6, 6.07) is 6.72. The van der Waals surface area contributed by atoms with E-state index in [0.717, 1.165) is 12.7 Å². The molecule has 1 aliphatic heterocycles. The molecule has 0 saturated carbocycles. The Morgan fingerprint density at radius 2 is 1.79 bits per heavy atom. The number of halogens is 3. The number of alkyl halides is 3. The molecular formula is C26H33F3O5. The van der Waals surface area contributed by atoms with Crippen LogP contribution in [0.2, 0.25) is 0 Å². The van der Waals surface area contributed by atoms with Gasteiger partial charge in [0.2, 0.25) is 0 Å². The first-order valence-corrected chi connectivity index (χ1v) is 11.6. The first kappa shape index (κ1) is 27.6. The molecule has 0 aromatic heterocycles. The van der Waals surface area contributed by atoms with Gasteiger partial charge >= 0.3 is 18.1 Å². The number of hydrogen-bond acceptors (Lipinski definition) is 5. The minimum Gasteiger partial charge on any atom is -0.455 e. The summed E-state index contributed by atoms with van der Waals surface area (Å²) in [6.45, 7) is 7.39. The second-order valence-corrected chi connectivity index (χ2v) is 8.29. The number of carbonyl (C=O) groups is 2. The second kappa shape index (κ2) is 11.2. The number of benzene rings is 1. The molecule has 0 aliphatic carbocycles. The predicted molar refractivity (Wildman–Crippen MR) is 122 cm³/mol. The second-order valence-electron chi connectivity index (χ2n) is 8.29. The van der Waals surface area contributed by atoms with Crippen LogP contribution in [0.4, 0.5) is 13.2 Å². The fourth-order valence-electron chi connectivity index (χ4n) is 4.08. The monoisotopic (exact) mass is 482 g/mol. The average molecular weight is 483 g/mol.